The van der Waals surface area contributed by atoms with Gasteiger partial charge >= 0.3 is 50.6 Å². The van der Waals surface area contributed by atoms with Crippen LogP contribution in [0.25, 0.3) is 11.5 Å². The van der Waals surface area contributed by atoms with Gasteiger partial charge in [-0.2, -0.15) is 0 Å². The van der Waals surface area contributed by atoms with Crippen LogP contribution in [0.5, 0.6) is 5.75 Å². The molecule has 328 valence electrons. The fourth-order valence-electron chi connectivity index (χ4n) is 4.33. The van der Waals surface area contributed by atoms with Crippen molar-refractivity contribution in [1.82, 2.24) is 20.0 Å². The molecule has 57 heavy (non-hydrogen) atoms. The number of nitrogens with zero attached hydrogens (tertiary/aromatic N) is 8. The number of hydrogen-bond donors (Lipinski definition) is 1. The molecule has 0 aliphatic carbocycles. The van der Waals surface area contributed by atoms with Crippen molar-refractivity contribution >= 4 is 23.8 Å². The number of likely N-dealkylation sites (N-methyl/N-ethyl adjacent to an activating group) is 2. The Morgan fingerprint density at radius 3 is 1.37 bits per heavy atom. The number of carbonyl (C=O) groups is 3. The van der Waals surface area contributed by atoms with Gasteiger partial charge in [-0.1, -0.05) is 52.7 Å². The second-order valence-electron chi connectivity index (χ2n) is 12.9. The summed E-state index contributed by atoms with van der Waals surface area (Å²) in [5.41, 5.74) is 1.74. The number of rotatable bonds is 11. The number of amides is 2. The second kappa shape index (κ2) is 30.4. The number of aromatic nitrogens is 2. The minimum absolute atomic E-state index is 0. The van der Waals surface area contributed by atoms with Gasteiger partial charge in [0.05, 0.1) is 27.4 Å². The first kappa shape index (κ1) is 61.4. The van der Waals surface area contributed by atoms with E-state index in [0.29, 0.717) is 38.3 Å². The standard InChI is InChI=1S/C28H45N5O4.C4H8O2.3NO3.H2O.Tb/c1-11-31(12-2)22(34)17-33(18-23(35)32(13-3)14-4)26-30-29-25(37-26)20-15-19(27(5,6)7)16-21(24(20)36)28(8,9)10;1-3-6-4(2)5;3*2-1(3)4;;/h15-16,36H,11-14,17-18H2,1-10H3;3H2,1-2H3;;;;1H2;/q;;3*-1;;+3/p+1. The van der Waals surface area contributed by atoms with Gasteiger partial charge in [-0.3, -0.25) is 14.4 Å². The fourth-order valence-corrected chi connectivity index (χ4v) is 4.33. The van der Waals surface area contributed by atoms with E-state index >= 15 is 0 Å². The molecule has 0 saturated carbocycles. The van der Waals surface area contributed by atoms with Crippen molar-refractivity contribution in [2.24, 2.45) is 0 Å². The number of benzene rings is 1. The molecule has 0 atom stereocenters. The minimum Gasteiger partial charge on any atom is -0.507 e. The molecule has 2 amide bonds. The molecule has 1 aromatic carbocycles. The Hall–Kier alpha value is -4.78. The third-order valence-electron chi connectivity index (χ3n) is 6.93. The van der Waals surface area contributed by atoms with Crippen molar-refractivity contribution in [3.63, 3.8) is 0 Å². The molecule has 0 radical (unpaired) electrons. The van der Waals surface area contributed by atoms with Crippen LogP contribution in [-0.4, -0.2) is 104 Å². The zero-order chi connectivity index (χ0) is 43.9. The predicted molar refractivity (Wildman–Crippen MR) is 205 cm³/mol. The molecular weight excluding hydrogens is 911 g/mol. The summed E-state index contributed by atoms with van der Waals surface area (Å²) in [7, 11) is 0. The molecule has 0 saturated heterocycles. The molecule has 2 rings (SSSR count). The van der Waals surface area contributed by atoms with Crippen LogP contribution < -0.4 is 4.90 Å². The SMILES string of the molecule is CCN(CC)C(=O)CN(CC(=O)N(CC)CC)c1nnc(-c2cc(C(C)(C)C)cc(C(C)(C)C)c2O)o1.CCOC(C)=O.O=[N+]([O-])[O-].O=[N+]([O-])[O-].O=[N+]([O-])[O-].[OH3+].[Tb+3]. The predicted octanol–water partition coefficient (Wildman–Crippen LogP) is 3.51. The number of phenols is 1. The maximum absolute atomic E-state index is 12.9. The summed E-state index contributed by atoms with van der Waals surface area (Å²) in [6, 6.07) is 3.95. The monoisotopic (exact) mass is 967 g/mol. The van der Waals surface area contributed by atoms with Crippen molar-refractivity contribution in [3.8, 4) is 17.2 Å². The van der Waals surface area contributed by atoms with E-state index in [4.69, 9.17) is 50.4 Å². The van der Waals surface area contributed by atoms with Crippen LogP contribution in [0, 0.1) is 84.6 Å². The molecule has 0 aliphatic rings. The Bertz CT molecular complexity index is 1460. The van der Waals surface area contributed by atoms with E-state index in [2.05, 4.69) is 35.7 Å². The summed E-state index contributed by atoms with van der Waals surface area (Å²) in [6.45, 7) is 25.8. The van der Waals surface area contributed by atoms with Crippen LogP contribution in [0.4, 0.5) is 6.01 Å². The van der Waals surface area contributed by atoms with E-state index in [1.54, 1.807) is 16.7 Å². The van der Waals surface area contributed by atoms with E-state index in [0.717, 1.165) is 11.1 Å². The number of aromatic hydroxyl groups is 1. The number of carbonyl (C=O) groups excluding carboxylic acids is 3. The van der Waals surface area contributed by atoms with Gasteiger partial charge in [0.15, 0.2) is 0 Å². The Labute approximate surface area is 361 Å². The van der Waals surface area contributed by atoms with Gasteiger partial charge in [-0.15, -0.1) is 5.10 Å². The Morgan fingerprint density at radius 1 is 0.737 bits per heavy atom. The molecule has 1 heterocycles. The normalized spacial score (nSPS) is 9.82. The van der Waals surface area contributed by atoms with Crippen LogP contribution in [0.3, 0.4) is 0 Å². The molecule has 25 heteroatoms. The maximum atomic E-state index is 12.9. The first-order valence-corrected chi connectivity index (χ1v) is 16.7. The number of phenolic OH excluding ortho intramolecular Hbond substituents is 1. The average Bonchev–Trinajstić information content (AvgIpc) is 3.50. The molecule has 0 spiro atoms. The van der Waals surface area contributed by atoms with Gasteiger partial charge in [-0.25, -0.2) is 0 Å². The van der Waals surface area contributed by atoms with Gasteiger partial charge in [0.1, 0.15) is 18.8 Å². The maximum Gasteiger partial charge on any atom is 3.00 e. The molecular formula is C32H56N8O16Tb+. The van der Waals surface area contributed by atoms with Crippen LogP contribution in [0.15, 0.2) is 16.5 Å². The molecule has 1 aromatic heterocycles. The van der Waals surface area contributed by atoms with Crippen molar-refractivity contribution in [2.75, 3.05) is 50.8 Å². The van der Waals surface area contributed by atoms with E-state index in [1.165, 1.54) is 11.8 Å². The summed E-state index contributed by atoms with van der Waals surface area (Å²) >= 11 is 0. The zero-order valence-electron chi connectivity index (χ0n) is 34.3. The molecule has 24 nitrogen and oxygen atoms in total. The number of anilines is 1. The Balaban J connectivity index is -0.000000376. The molecule has 0 unspecified atom stereocenters. The van der Waals surface area contributed by atoms with Crippen molar-refractivity contribution in [3.05, 3.63) is 69.2 Å². The zero-order valence-corrected chi connectivity index (χ0v) is 36.4. The minimum atomic E-state index is -1.75. The summed E-state index contributed by atoms with van der Waals surface area (Å²) in [5, 5.41) is 63.9. The second-order valence-corrected chi connectivity index (χ2v) is 12.9. The third-order valence-corrected chi connectivity index (χ3v) is 6.93. The Kier molecular flexibility index (Phi) is 32.7. The van der Waals surface area contributed by atoms with Gasteiger partial charge < -0.3 is 80.4 Å². The largest absolute Gasteiger partial charge is 3.00 e. The van der Waals surface area contributed by atoms with Crippen LogP contribution >= 0.6 is 0 Å². The molecule has 0 bridgehead atoms. The van der Waals surface area contributed by atoms with Gasteiger partial charge in [0, 0.05) is 38.7 Å². The van der Waals surface area contributed by atoms with Crippen molar-refractivity contribution in [1.29, 1.82) is 0 Å². The average molecular weight is 968 g/mol. The topological polar surface area (TPSA) is 361 Å². The summed E-state index contributed by atoms with van der Waals surface area (Å²) in [6.07, 6.45) is 0. The van der Waals surface area contributed by atoms with Gasteiger partial charge in [0.25, 0.3) is 5.89 Å². The molecule has 4 N–H and O–H groups in total. The summed E-state index contributed by atoms with van der Waals surface area (Å²) < 4.78 is 10.4. The van der Waals surface area contributed by atoms with Crippen LogP contribution in [-0.2, 0) is 35.4 Å². The summed E-state index contributed by atoms with van der Waals surface area (Å²) in [4.78, 5) is 65.4. The van der Waals surface area contributed by atoms with E-state index < -0.39 is 15.3 Å². The Morgan fingerprint density at radius 2 is 1.11 bits per heavy atom. The first-order chi connectivity index (χ1) is 25.1. The van der Waals surface area contributed by atoms with Crippen molar-refractivity contribution < 1.29 is 88.0 Å². The fraction of sp³-hybridized carbons (Fsp3) is 0.656. The number of ether oxygens (including phenoxy) is 1. The van der Waals surface area contributed by atoms with Crippen molar-refractivity contribution in [2.45, 2.75) is 93.9 Å². The van der Waals surface area contributed by atoms with E-state index in [1.807, 2.05) is 60.6 Å². The molecule has 0 fully saturated rings. The smallest absolute Gasteiger partial charge is 0.507 e. The van der Waals surface area contributed by atoms with Crippen LogP contribution in [0.2, 0.25) is 0 Å². The number of hydrogen-bond acceptors (Lipinski definition) is 18. The van der Waals surface area contributed by atoms with Crippen LogP contribution in [0.1, 0.15) is 94.2 Å². The van der Waals surface area contributed by atoms with E-state index in [9.17, 15) is 19.5 Å². The molecule has 2 aromatic rings. The quantitative estimate of drug-likeness (QED) is 0.146. The number of esters is 1. The third kappa shape index (κ3) is 27.5. The summed E-state index contributed by atoms with van der Waals surface area (Å²) in [5.74, 6) is -0.257. The van der Waals surface area contributed by atoms with Gasteiger partial charge in [-0.05, 0) is 57.1 Å². The first-order valence-electron chi connectivity index (χ1n) is 16.7. The molecule has 0 aliphatic heterocycles. The van der Waals surface area contributed by atoms with Gasteiger partial charge in [0.2, 0.25) is 11.8 Å². The van der Waals surface area contributed by atoms with E-state index in [-0.39, 0.29) is 103 Å².